The number of nitriles is 1. The molecule has 1 aromatic carbocycles. The van der Waals surface area contributed by atoms with Gasteiger partial charge in [-0.15, -0.1) is 0 Å². The molecule has 0 spiro atoms. The smallest absolute Gasteiger partial charge is 0.269 e. The van der Waals surface area contributed by atoms with Crippen molar-refractivity contribution in [2.75, 3.05) is 6.54 Å². The van der Waals surface area contributed by atoms with Gasteiger partial charge in [0, 0.05) is 5.56 Å². The Kier molecular flexibility index (Phi) is 5.30. The number of rotatable bonds is 2. The second kappa shape index (κ2) is 6.08. The van der Waals surface area contributed by atoms with E-state index in [0.29, 0.717) is 10.6 Å². The van der Waals surface area contributed by atoms with Gasteiger partial charge in [-0.3, -0.25) is 0 Å². The molecule has 0 bridgehead atoms. The van der Waals surface area contributed by atoms with E-state index in [-0.39, 0.29) is 11.5 Å². The van der Waals surface area contributed by atoms with Crippen LogP contribution in [0.25, 0.3) is 0 Å². The van der Waals surface area contributed by atoms with Gasteiger partial charge in [0.05, 0.1) is 11.1 Å². The molecule has 1 rings (SSSR count). The second-order valence-electron chi connectivity index (χ2n) is 3.00. The van der Waals surface area contributed by atoms with Crippen molar-refractivity contribution in [1.29, 1.82) is 5.26 Å². The highest BCUT2D eigenvalue weighted by atomic mass is 35.6. The second-order valence-corrected chi connectivity index (χ2v) is 6.01. The minimum Gasteiger partial charge on any atom is -0.305 e. The molecule has 90 valence electrons. The van der Waals surface area contributed by atoms with Crippen molar-refractivity contribution in [3.05, 3.63) is 34.9 Å². The fraction of sp³-hybridized carbons (Fsp3) is 0.200. The molecule has 0 radical (unpaired) electrons. The molecule has 0 fully saturated rings. The third-order valence-corrected chi connectivity index (χ3v) is 3.27. The average Bonchev–Trinajstić information content (AvgIpc) is 2.24. The minimum absolute atomic E-state index is 0.138. The van der Waals surface area contributed by atoms with Crippen LogP contribution < -0.4 is 0 Å². The third kappa shape index (κ3) is 3.87. The zero-order valence-electron chi connectivity index (χ0n) is 8.33. The van der Waals surface area contributed by atoms with Gasteiger partial charge in [-0.2, -0.15) is 5.26 Å². The number of thiocarbonyl (C=S) groups is 1. The van der Waals surface area contributed by atoms with Crippen LogP contribution in [-0.4, -0.2) is 20.3 Å². The van der Waals surface area contributed by atoms with Crippen LogP contribution in [0, 0.1) is 11.3 Å². The largest absolute Gasteiger partial charge is 0.305 e. The SMILES string of the molecule is N#CCN(C(=S)c1ccccc1Cl)C(Cl)(Cl)Cl. The summed E-state index contributed by atoms with van der Waals surface area (Å²) in [5, 5.41) is 9.14. The highest BCUT2D eigenvalue weighted by Gasteiger charge is 2.32. The van der Waals surface area contributed by atoms with E-state index in [0.717, 1.165) is 0 Å². The van der Waals surface area contributed by atoms with E-state index < -0.39 is 3.92 Å². The predicted octanol–water partition coefficient (Wildman–Crippen LogP) is 4.17. The number of halogens is 4. The molecule has 0 amide bonds. The van der Waals surface area contributed by atoms with Crippen molar-refractivity contribution in [3.63, 3.8) is 0 Å². The molecule has 0 aliphatic rings. The molecule has 0 unspecified atom stereocenters. The maximum atomic E-state index is 8.70. The summed E-state index contributed by atoms with van der Waals surface area (Å²) < 4.78 is -1.79. The molecular formula is C10H6Cl4N2S. The summed E-state index contributed by atoms with van der Waals surface area (Å²) >= 11 is 28.4. The summed E-state index contributed by atoms with van der Waals surface area (Å²) in [5.74, 6) is 0. The number of nitrogens with zero attached hydrogens (tertiary/aromatic N) is 2. The first kappa shape index (κ1) is 14.8. The Hall–Kier alpha value is -0.240. The number of hydrogen-bond acceptors (Lipinski definition) is 2. The Morgan fingerprint density at radius 2 is 1.94 bits per heavy atom. The van der Waals surface area contributed by atoms with Crippen molar-refractivity contribution in [3.8, 4) is 6.07 Å². The molecule has 0 atom stereocenters. The van der Waals surface area contributed by atoms with Crippen LogP contribution in [-0.2, 0) is 0 Å². The quantitative estimate of drug-likeness (QED) is 0.353. The number of benzene rings is 1. The van der Waals surface area contributed by atoms with Gasteiger partial charge in [0.2, 0.25) is 0 Å². The fourth-order valence-electron chi connectivity index (χ4n) is 1.13. The molecule has 0 aliphatic heterocycles. The molecule has 7 heteroatoms. The lowest BCUT2D eigenvalue weighted by Gasteiger charge is -2.29. The van der Waals surface area contributed by atoms with Crippen molar-refractivity contribution < 1.29 is 0 Å². The molecule has 0 N–H and O–H groups in total. The van der Waals surface area contributed by atoms with Crippen LogP contribution in [0.4, 0.5) is 0 Å². The lowest BCUT2D eigenvalue weighted by Crippen LogP contribution is -2.40. The summed E-state index contributed by atoms with van der Waals surface area (Å²) in [6.45, 7) is -0.138. The van der Waals surface area contributed by atoms with Gasteiger partial charge < -0.3 is 4.90 Å². The van der Waals surface area contributed by atoms with Gasteiger partial charge >= 0.3 is 0 Å². The topological polar surface area (TPSA) is 27.0 Å². The van der Waals surface area contributed by atoms with E-state index in [9.17, 15) is 0 Å². The maximum absolute atomic E-state index is 8.70. The van der Waals surface area contributed by atoms with Crippen LogP contribution >= 0.6 is 58.6 Å². The van der Waals surface area contributed by atoms with Gasteiger partial charge in [-0.05, 0) is 6.07 Å². The predicted molar refractivity (Wildman–Crippen MR) is 75.8 cm³/mol. The van der Waals surface area contributed by atoms with Crippen molar-refractivity contribution in [2.24, 2.45) is 0 Å². The Morgan fingerprint density at radius 1 is 1.35 bits per heavy atom. The van der Waals surface area contributed by atoms with Gasteiger partial charge in [0.1, 0.15) is 11.5 Å². The molecular weight excluding hydrogens is 322 g/mol. The Bertz CT molecular complexity index is 464. The summed E-state index contributed by atoms with van der Waals surface area (Å²) in [6.07, 6.45) is 0. The average molecular weight is 328 g/mol. The summed E-state index contributed by atoms with van der Waals surface area (Å²) in [7, 11) is 0. The van der Waals surface area contributed by atoms with Crippen LogP contribution in [0.5, 0.6) is 0 Å². The van der Waals surface area contributed by atoms with E-state index in [1.807, 2.05) is 6.07 Å². The van der Waals surface area contributed by atoms with Gasteiger partial charge in [0.25, 0.3) is 3.92 Å². The van der Waals surface area contributed by atoms with Gasteiger partial charge in [-0.25, -0.2) is 0 Å². The molecule has 17 heavy (non-hydrogen) atoms. The van der Waals surface area contributed by atoms with Crippen molar-refractivity contribution in [1.82, 2.24) is 4.90 Å². The fourth-order valence-corrected chi connectivity index (χ4v) is 2.37. The molecule has 0 saturated carbocycles. The molecule has 0 aliphatic carbocycles. The standard InChI is InChI=1S/C10H6Cl4N2S/c11-8-4-2-1-3-7(8)9(17)16(6-5-15)10(12,13)14/h1-4H,6H2. The lowest BCUT2D eigenvalue weighted by atomic mass is 10.2. The van der Waals surface area contributed by atoms with Crippen molar-refractivity contribution in [2.45, 2.75) is 3.92 Å². The Balaban J connectivity index is 3.10. The monoisotopic (exact) mass is 326 g/mol. The molecule has 2 nitrogen and oxygen atoms in total. The van der Waals surface area contributed by atoms with Crippen LogP contribution in [0.3, 0.4) is 0 Å². The van der Waals surface area contributed by atoms with E-state index in [1.54, 1.807) is 24.3 Å². The normalized spacial score (nSPS) is 10.8. The zero-order chi connectivity index (χ0) is 13.1. The minimum atomic E-state index is -1.79. The molecule has 1 aromatic rings. The number of alkyl halides is 3. The third-order valence-electron chi connectivity index (χ3n) is 1.88. The van der Waals surface area contributed by atoms with Crippen LogP contribution in [0.1, 0.15) is 5.56 Å². The van der Waals surface area contributed by atoms with E-state index in [1.165, 1.54) is 4.90 Å². The Labute approximate surface area is 125 Å². The molecule has 0 aromatic heterocycles. The van der Waals surface area contributed by atoms with Gasteiger partial charge in [-0.1, -0.05) is 76.8 Å². The van der Waals surface area contributed by atoms with E-state index in [2.05, 4.69) is 0 Å². The van der Waals surface area contributed by atoms with E-state index in [4.69, 9.17) is 63.9 Å². The summed E-state index contributed by atoms with van der Waals surface area (Å²) in [4.78, 5) is 1.39. The van der Waals surface area contributed by atoms with E-state index >= 15 is 0 Å². The number of hydrogen-bond donors (Lipinski definition) is 0. The molecule has 0 heterocycles. The summed E-state index contributed by atoms with van der Waals surface area (Å²) in [5.41, 5.74) is 0.547. The van der Waals surface area contributed by atoms with Crippen molar-refractivity contribution >= 4 is 63.6 Å². The van der Waals surface area contributed by atoms with Crippen LogP contribution in [0.2, 0.25) is 5.02 Å². The summed E-state index contributed by atoms with van der Waals surface area (Å²) in [6, 6.07) is 8.78. The first-order valence-electron chi connectivity index (χ1n) is 4.38. The molecule has 0 saturated heterocycles. The first-order chi connectivity index (χ1) is 7.88. The first-order valence-corrected chi connectivity index (χ1v) is 6.30. The highest BCUT2D eigenvalue weighted by Crippen LogP contribution is 2.33. The highest BCUT2D eigenvalue weighted by molar-refractivity contribution is 7.80. The lowest BCUT2D eigenvalue weighted by molar-refractivity contribution is 0.487. The zero-order valence-corrected chi connectivity index (χ0v) is 12.2. The maximum Gasteiger partial charge on any atom is 0.269 e. The Morgan fingerprint density at radius 3 is 2.41 bits per heavy atom. The van der Waals surface area contributed by atoms with Crippen LogP contribution in [0.15, 0.2) is 24.3 Å². The van der Waals surface area contributed by atoms with Gasteiger partial charge in [0.15, 0.2) is 0 Å².